The van der Waals surface area contributed by atoms with Gasteiger partial charge in [-0.1, -0.05) is 12.1 Å². The summed E-state index contributed by atoms with van der Waals surface area (Å²) in [5.41, 5.74) is 6.45. The van der Waals surface area contributed by atoms with Gasteiger partial charge in [-0.05, 0) is 66.4 Å². The van der Waals surface area contributed by atoms with Crippen LogP contribution in [0.3, 0.4) is 0 Å². The first-order valence-electron chi connectivity index (χ1n) is 11.4. The molecule has 1 atom stereocenters. The topological polar surface area (TPSA) is 96.5 Å². The van der Waals surface area contributed by atoms with Crippen LogP contribution in [0.25, 0.3) is 43.7 Å². The molecule has 35 heavy (non-hydrogen) atoms. The minimum atomic E-state index is -0.863. The predicted octanol–water partition coefficient (Wildman–Crippen LogP) is 5.71. The van der Waals surface area contributed by atoms with Crippen LogP contribution in [0.4, 0.5) is 0 Å². The van der Waals surface area contributed by atoms with E-state index in [1.54, 1.807) is 40.7 Å². The van der Waals surface area contributed by atoms with Gasteiger partial charge >= 0.3 is 5.97 Å². The van der Waals surface area contributed by atoms with Gasteiger partial charge in [-0.2, -0.15) is 0 Å². The molecular weight excluding hydrogens is 462 g/mol. The second-order valence-electron chi connectivity index (χ2n) is 8.73. The van der Waals surface area contributed by atoms with Crippen LogP contribution in [0.2, 0.25) is 0 Å². The number of carboxylic acids is 1. The Bertz CT molecular complexity index is 1570. The van der Waals surface area contributed by atoms with Crippen LogP contribution in [0.1, 0.15) is 23.2 Å². The lowest BCUT2D eigenvalue weighted by Crippen LogP contribution is -2.42. The number of fused-ring (bicyclic) bond motifs is 2. The number of likely N-dealkylation sites (tertiary alicyclic amines) is 1. The molecule has 1 unspecified atom stereocenters. The maximum absolute atomic E-state index is 13.8. The highest BCUT2D eigenvalue weighted by Crippen LogP contribution is 2.32. The lowest BCUT2D eigenvalue weighted by molar-refractivity contribution is -0.143. The number of piperidine rings is 1. The van der Waals surface area contributed by atoms with Crippen molar-refractivity contribution in [3.05, 3.63) is 71.9 Å². The molecule has 1 saturated heterocycles. The van der Waals surface area contributed by atoms with Crippen molar-refractivity contribution in [3.8, 4) is 22.6 Å². The largest absolute Gasteiger partial charge is 0.481 e. The summed E-state index contributed by atoms with van der Waals surface area (Å²) in [7, 11) is 0. The number of pyridine rings is 1. The molecular formula is C27H21N3O4S. The van der Waals surface area contributed by atoms with Crippen molar-refractivity contribution in [2.75, 3.05) is 13.1 Å². The predicted molar refractivity (Wildman–Crippen MR) is 134 cm³/mol. The van der Waals surface area contributed by atoms with E-state index >= 15 is 0 Å². The van der Waals surface area contributed by atoms with Crippen LogP contribution < -0.4 is 0 Å². The van der Waals surface area contributed by atoms with Gasteiger partial charge in [-0.25, -0.2) is 9.97 Å². The van der Waals surface area contributed by atoms with Crippen molar-refractivity contribution in [1.29, 1.82) is 0 Å². The van der Waals surface area contributed by atoms with Gasteiger partial charge in [0.2, 0.25) is 0 Å². The number of carbonyl (C=O) groups is 2. The molecule has 0 aliphatic carbocycles. The van der Waals surface area contributed by atoms with E-state index in [-0.39, 0.29) is 12.5 Å². The molecule has 1 aliphatic rings. The number of carbonyl (C=O) groups excluding carboxylic acids is 1. The number of amides is 1. The van der Waals surface area contributed by atoms with E-state index in [1.165, 1.54) is 0 Å². The number of carboxylic acid groups (broad SMARTS) is 1. The molecule has 1 aliphatic heterocycles. The first kappa shape index (κ1) is 21.5. The van der Waals surface area contributed by atoms with Crippen LogP contribution in [0.5, 0.6) is 0 Å². The van der Waals surface area contributed by atoms with Crippen molar-refractivity contribution in [1.82, 2.24) is 14.9 Å². The van der Waals surface area contributed by atoms with Crippen LogP contribution >= 0.6 is 11.3 Å². The Morgan fingerprint density at radius 3 is 2.74 bits per heavy atom. The summed E-state index contributed by atoms with van der Waals surface area (Å²) in [6.45, 7) is 0.733. The normalized spacial score (nSPS) is 16.1. The summed E-state index contributed by atoms with van der Waals surface area (Å²) in [6.07, 6.45) is 2.81. The lowest BCUT2D eigenvalue weighted by atomic mass is 9.96. The summed E-state index contributed by atoms with van der Waals surface area (Å²) in [6, 6.07) is 17.4. The van der Waals surface area contributed by atoms with Gasteiger partial charge in [-0.3, -0.25) is 9.59 Å². The van der Waals surface area contributed by atoms with Crippen molar-refractivity contribution in [2.45, 2.75) is 12.8 Å². The highest BCUT2D eigenvalue weighted by Gasteiger charge is 2.30. The van der Waals surface area contributed by atoms with E-state index in [0.29, 0.717) is 41.9 Å². The molecule has 2 aromatic carbocycles. The van der Waals surface area contributed by atoms with E-state index in [1.807, 2.05) is 29.8 Å². The summed E-state index contributed by atoms with van der Waals surface area (Å²) < 4.78 is 6.67. The van der Waals surface area contributed by atoms with E-state index in [2.05, 4.69) is 17.1 Å². The standard InChI is InChI=1S/C27H21N3O4S/c31-26(30-9-1-3-18(14-30)27(32)33)20-13-22(24-4-2-10-34-24)29-21-7-5-16(11-19(20)21)17-6-8-25-23(12-17)28-15-35-25/h2,4-8,10-13,15,18H,1,3,9,14H2,(H,32,33). The molecule has 1 fully saturated rings. The van der Waals surface area contributed by atoms with Crippen molar-refractivity contribution in [2.24, 2.45) is 5.92 Å². The van der Waals surface area contributed by atoms with Crippen LogP contribution in [-0.2, 0) is 4.79 Å². The Morgan fingerprint density at radius 2 is 1.91 bits per heavy atom. The van der Waals surface area contributed by atoms with Crippen LogP contribution in [-0.4, -0.2) is 44.9 Å². The number of thiazole rings is 1. The number of aliphatic carboxylic acids is 1. The van der Waals surface area contributed by atoms with Crippen molar-refractivity contribution in [3.63, 3.8) is 0 Å². The zero-order chi connectivity index (χ0) is 23.9. The summed E-state index contributed by atoms with van der Waals surface area (Å²) >= 11 is 1.60. The van der Waals surface area contributed by atoms with E-state index in [9.17, 15) is 14.7 Å². The lowest BCUT2D eigenvalue weighted by Gasteiger charge is -2.31. The average Bonchev–Trinajstić information content (AvgIpc) is 3.59. The molecule has 1 N–H and O–H groups in total. The van der Waals surface area contributed by atoms with Gasteiger partial charge in [-0.15, -0.1) is 11.3 Å². The van der Waals surface area contributed by atoms with Crippen molar-refractivity contribution < 1.29 is 19.1 Å². The maximum atomic E-state index is 13.8. The summed E-state index contributed by atoms with van der Waals surface area (Å²) in [5.74, 6) is -1.03. The molecule has 0 spiro atoms. The molecule has 3 aromatic heterocycles. The molecule has 5 aromatic rings. The minimum Gasteiger partial charge on any atom is -0.481 e. The van der Waals surface area contributed by atoms with Gasteiger partial charge in [0, 0.05) is 18.5 Å². The SMILES string of the molecule is O=C(O)C1CCCN(C(=O)c2cc(-c3ccco3)nc3ccc(-c4ccc5scnc5c4)cc23)C1. The fourth-order valence-electron chi connectivity index (χ4n) is 4.70. The average molecular weight is 484 g/mol. The number of hydrogen-bond donors (Lipinski definition) is 1. The molecule has 6 rings (SSSR count). The smallest absolute Gasteiger partial charge is 0.308 e. The molecule has 4 heterocycles. The Labute approximate surface area is 204 Å². The highest BCUT2D eigenvalue weighted by molar-refractivity contribution is 7.16. The quantitative estimate of drug-likeness (QED) is 0.352. The molecule has 174 valence electrons. The first-order chi connectivity index (χ1) is 17.1. The van der Waals surface area contributed by atoms with Gasteiger partial charge < -0.3 is 14.4 Å². The first-order valence-corrected chi connectivity index (χ1v) is 12.3. The number of aromatic nitrogens is 2. The molecule has 0 bridgehead atoms. The second-order valence-corrected chi connectivity index (χ2v) is 9.61. The summed E-state index contributed by atoms with van der Waals surface area (Å²) in [5, 5.41) is 10.2. The van der Waals surface area contributed by atoms with E-state index in [0.717, 1.165) is 26.7 Å². The molecule has 0 saturated carbocycles. The summed E-state index contributed by atoms with van der Waals surface area (Å²) in [4.78, 5) is 36.2. The zero-order valence-electron chi connectivity index (χ0n) is 18.7. The Kier molecular flexibility index (Phi) is 5.30. The maximum Gasteiger partial charge on any atom is 0.308 e. The minimum absolute atomic E-state index is 0.191. The van der Waals surface area contributed by atoms with Crippen LogP contribution in [0, 0.1) is 5.92 Å². The fraction of sp³-hybridized carbons (Fsp3) is 0.185. The second kappa shape index (κ2) is 8.63. The van der Waals surface area contributed by atoms with E-state index < -0.39 is 11.9 Å². The zero-order valence-corrected chi connectivity index (χ0v) is 19.5. The van der Waals surface area contributed by atoms with Crippen LogP contribution in [0.15, 0.2) is 70.8 Å². The van der Waals surface area contributed by atoms with Gasteiger partial charge in [0.25, 0.3) is 5.91 Å². The van der Waals surface area contributed by atoms with Crippen molar-refractivity contribution >= 4 is 44.3 Å². The van der Waals surface area contributed by atoms with Gasteiger partial charge in [0.15, 0.2) is 5.76 Å². The highest BCUT2D eigenvalue weighted by atomic mass is 32.1. The molecule has 1 amide bonds. The van der Waals surface area contributed by atoms with Gasteiger partial charge in [0.1, 0.15) is 5.69 Å². The molecule has 8 heteroatoms. The number of nitrogens with zero attached hydrogens (tertiary/aromatic N) is 3. The number of furan rings is 1. The number of hydrogen-bond acceptors (Lipinski definition) is 6. The Balaban J connectivity index is 1.48. The number of rotatable bonds is 4. The molecule has 7 nitrogen and oxygen atoms in total. The monoisotopic (exact) mass is 483 g/mol. The third kappa shape index (κ3) is 3.95. The third-order valence-corrected chi connectivity index (χ3v) is 7.34. The van der Waals surface area contributed by atoms with E-state index in [4.69, 9.17) is 9.40 Å². The fourth-order valence-corrected chi connectivity index (χ4v) is 5.36. The third-order valence-electron chi connectivity index (χ3n) is 6.53. The Morgan fingerprint density at radius 1 is 1.06 bits per heavy atom. The Hall–Kier alpha value is -4.04. The molecule has 0 radical (unpaired) electrons. The number of benzene rings is 2. The van der Waals surface area contributed by atoms with Gasteiger partial charge in [0.05, 0.1) is 39.0 Å².